The van der Waals surface area contributed by atoms with E-state index >= 15 is 0 Å². The van der Waals surface area contributed by atoms with Gasteiger partial charge in [-0.3, -0.25) is 4.79 Å². The fourth-order valence-corrected chi connectivity index (χ4v) is 2.22. The smallest absolute Gasteiger partial charge is 0.254 e. The SMILES string of the molecule is O=C(NC[C@H](O)c1ccc2c(c1)CCO2)c1ccoc1. The Morgan fingerprint density at radius 1 is 1.40 bits per heavy atom. The molecule has 0 fully saturated rings. The van der Waals surface area contributed by atoms with E-state index in [9.17, 15) is 9.90 Å². The first-order chi connectivity index (χ1) is 9.74. The lowest BCUT2D eigenvalue weighted by atomic mass is 10.0. The van der Waals surface area contributed by atoms with E-state index in [0.29, 0.717) is 12.2 Å². The van der Waals surface area contributed by atoms with Crippen LogP contribution in [0.5, 0.6) is 5.75 Å². The Morgan fingerprint density at radius 2 is 2.30 bits per heavy atom. The van der Waals surface area contributed by atoms with Gasteiger partial charge in [-0.15, -0.1) is 0 Å². The van der Waals surface area contributed by atoms with Crippen LogP contribution in [0.15, 0.2) is 41.2 Å². The summed E-state index contributed by atoms with van der Waals surface area (Å²) in [5, 5.41) is 12.8. The van der Waals surface area contributed by atoms with Crippen LogP contribution in [0.1, 0.15) is 27.6 Å². The van der Waals surface area contributed by atoms with Crippen molar-refractivity contribution in [1.29, 1.82) is 0 Å². The molecule has 0 unspecified atom stereocenters. The van der Waals surface area contributed by atoms with Crippen LogP contribution in [-0.4, -0.2) is 24.2 Å². The van der Waals surface area contributed by atoms with E-state index < -0.39 is 6.10 Å². The van der Waals surface area contributed by atoms with Gasteiger partial charge >= 0.3 is 0 Å². The third kappa shape index (κ3) is 2.53. The van der Waals surface area contributed by atoms with Crippen LogP contribution >= 0.6 is 0 Å². The van der Waals surface area contributed by atoms with Crippen molar-refractivity contribution < 1.29 is 19.1 Å². The van der Waals surface area contributed by atoms with E-state index in [-0.39, 0.29) is 12.5 Å². The zero-order valence-electron chi connectivity index (χ0n) is 10.8. The van der Waals surface area contributed by atoms with Crippen LogP contribution in [0.25, 0.3) is 0 Å². The van der Waals surface area contributed by atoms with Gasteiger partial charge in [0.1, 0.15) is 12.0 Å². The zero-order chi connectivity index (χ0) is 13.9. The van der Waals surface area contributed by atoms with Crippen molar-refractivity contribution in [1.82, 2.24) is 5.32 Å². The third-order valence-electron chi connectivity index (χ3n) is 3.34. The maximum absolute atomic E-state index is 11.7. The minimum atomic E-state index is -0.739. The summed E-state index contributed by atoms with van der Waals surface area (Å²) in [7, 11) is 0. The van der Waals surface area contributed by atoms with Crippen LogP contribution < -0.4 is 10.1 Å². The van der Waals surface area contributed by atoms with Crippen molar-refractivity contribution in [3.63, 3.8) is 0 Å². The molecule has 1 atom stereocenters. The minimum Gasteiger partial charge on any atom is -0.493 e. The lowest BCUT2D eigenvalue weighted by Gasteiger charge is -2.13. The summed E-state index contributed by atoms with van der Waals surface area (Å²) in [5.41, 5.74) is 2.32. The van der Waals surface area contributed by atoms with Gasteiger partial charge in [0.15, 0.2) is 0 Å². The average Bonchev–Trinajstić information content (AvgIpc) is 3.13. The summed E-state index contributed by atoms with van der Waals surface area (Å²) < 4.78 is 10.3. The number of amides is 1. The van der Waals surface area contributed by atoms with Gasteiger partial charge in [-0.2, -0.15) is 0 Å². The van der Waals surface area contributed by atoms with Crippen molar-refractivity contribution >= 4 is 5.91 Å². The Morgan fingerprint density at radius 3 is 3.10 bits per heavy atom. The molecule has 0 saturated carbocycles. The van der Waals surface area contributed by atoms with E-state index in [0.717, 1.165) is 23.3 Å². The van der Waals surface area contributed by atoms with E-state index in [4.69, 9.17) is 9.15 Å². The normalized spacial score (nSPS) is 14.4. The standard InChI is InChI=1S/C15H15NO4/c17-13(8-16-15(18)12-3-5-19-9-12)10-1-2-14-11(7-10)4-6-20-14/h1-3,5,7,9,13,17H,4,6,8H2,(H,16,18)/t13-/m0/s1. The van der Waals surface area contributed by atoms with Crippen LogP contribution in [-0.2, 0) is 6.42 Å². The van der Waals surface area contributed by atoms with Crippen molar-refractivity contribution in [2.24, 2.45) is 0 Å². The third-order valence-corrected chi connectivity index (χ3v) is 3.34. The number of benzene rings is 1. The fraction of sp³-hybridized carbons (Fsp3) is 0.267. The number of aliphatic hydroxyl groups excluding tert-OH is 1. The first-order valence-corrected chi connectivity index (χ1v) is 6.48. The van der Waals surface area contributed by atoms with Crippen molar-refractivity contribution in [3.8, 4) is 5.75 Å². The van der Waals surface area contributed by atoms with Gasteiger partial charge in [-0.05, 0) is 29.3 Å². The number of nitrogens with one attached hydrogen (secondary N) is 1. The molecule has 104 valence electrons. The van der Waals surface area contributed by atoms with Crippen LogP contribution in [0.2, 0.25) is 0 Å². The number of carbonyl (C=O) groups is 1. The molecule has 1 aromatic heterocycles. The topological polar surface area (TPSA) is 71.7 Å². The van der Waals surface area contributed by atoms with Gasteiger partial charge in [0.05, 0.1) is 24.5 Å². The molecule has 0 bridgehead atoms. The summed E-state index contributed by atoms with van der Waals surface area (Å²) in [4.78, 5) is 11.7. The number of furan rings is 1. The molecule has 2 heterocycles. The van der Waals surface area contributed by atoms with Crippen LogP contribution in [0.4, 0.5) is 0 Å². The number of carbonyl (C=O) groups excluding carboxylic acids is 1. The first kappa shape index (κ1) is 12.7. The molecule has 1 aliphatic rings. The van der Waals surface area contributed by atoms with Crippen LogP contribution in [0.3, 0.4) is 0 Å². The molecule has 0 saturated heterocycles. The zero-order valence-corrected chi connectivity index (χ0v) is 10.8. The summed E-state index contributed by atoms with van der Waals surface area (Å²) in [6.45, 7) is 0.843. The molecular formula is C15H15NO4. The van der Waals surface area contributed by atoms with Gasteiger partial charge in [-0.1, -0.05) is 6.07 Å². The Hall–Kier alpha value is -2.27. The number of hydrogen-bond acceptors (Lipinski definition) is 4. The van der Waals surface area contributed by atoms with E-state index in [1.54, 1.807) is 6.07 Å². The first-order valence-electron chi connectivity index (χ1n) is 6.48. The fourth-order valence-electron chi connectivity index (χ4n) is 2.22. The number of hydrogen-bond donors (Lipinski definition) is 2. The summed E-state index contributed by atoms with van der Waals surface area (Å²) in [6, 6.07) is 7.18. The maximum atomic E-state index is 11.7. The molecule has 0 radical (unpaired) electrons. The van der Waals surface area contributed by atoms with Crippen molar-refractivity contribution in [3.05, 3.63) is 53.5 Å². The highest BCUT2D eigenvalue weighted by Gasteiger charge is 2.16. The van der Waals surface area contributed by atoms with Crippen molar-refractivity contribution in [2.45, 2.75) is 12.5 Å². The lowest BCUT2D eigenvalue weighted by Crippen LogP contribution is -2.28. The number of ether oxygens (including phenoxy) is 1. The summed E-state index contributed by atoms with van der Waals surface area (Å²) >= 11 is 0. The van der Waals surface area contributed by atoms with E-state index in [1.165, 1.54) is 12.5 Å². The van der Waals surface area contributed by atoms with Gasteiger partial charge in [0, 0.05) is 13.0 Å². The average molecular weight is 273 g/mol. The predicted molar refractivity (Wildman–Crippen MR) is 71.6 cm³/mol. The second-order valence-electron chi connectivity index (χ2n) is 4.70. The molecule has 1 aliphatic heterocycles. The molecule has 2 N–H and O–H groups in total. The highest BCUT2D eigenvalue weighted by atomic mass is 16.5. The molecule has 20 heavy (non-hydrogen) atoms. The second-order valence-corrected chi connectivity index (χ2v) is 4.70. The highest BCUT2D eigenvalue weighted by Crippen LogP contribution is 2.27. The Kier molecular flexibility index (Phi) is 3.43. The Balaban J connectivity index is 1.62. The van der Waals surface area contributed by atoms with Gasteiger partial charge in [-0.25, -0.2) is 0 Å². The molecule has 0 aliphatic carbocycles. The van der Waals surface area contributed by atoms with Gasteiger partial charge in [0.2, 0.25) is 0 Å². The number of aliphatic hydroxyl groups is 1. The molecule has 5 nitrogen and oxygen atoms in total. The second kappa shape index (κ2) is 5.38. The van der Waals surface area contributed by atoms with E-state index in [1.807, 2.05) is 18.2 Å². The molecule has 1 aromatic carbocycles. The van der Waals surface area contributed by atoms with E-state index in [2.05, 4.69) is 5.32 Å². The van der Waals surface area contributed by atoms with Crippen LogP contribution in [0, 0.1) is 0 Å². The van der Waals surface area contributed by atoms with Gasteiger partial charge in [0.25, 0.3) is 5.91 Å². The number of rotatable bonds is 4. The minimum absolute atomic E-state index is 0.156. The molecule has 5 heteroatoms. The largest absolute Gasteiger partial charge is 0.493 e. The Bertz CT molecular complexity index is 606. The van der Waals surface area contributed by atoms with Gasteiger partial charge < -0.3 is 19.6 Å². The quantitative estimate of drug-likeness (QED) is 0.889. The Labute approximate surface area is 116 Å². The molecule has 1 amide bonds. The monoisotopic (exact) mass is 273 g/mol. The number of fused-ring (bicyclic) bond motifs is 1. The summed E-state index contributed by atoms with van der Waals surface area (Å²) in [6.07, 6.45) is 2.93. The molecule has 2 aromatic rings. The predicted octanol–water partition coefficient (Wildman–Crippen LogP) is 1.68. The van der Waals surface area contributed by atoms with Crippen molar-refractivity contribution in [2.75, 3.05) is 13.2 Å². The molecule has 3 rings (SSSR count). The molecule has 0 spiro atoms. The highest BCUT2D eigenvalue weighted by molar-refractivity contribution is 5.93. The summed E-state index contributed by atoms with van der Waals surface area (Å²) in [5.74, 6) is 0.616. The lowest BCUT2D eigenvalue weighted by molar-refractivity contribution is 0.0915. The molecular weight excluding hydrogens is 258 g/mol. The maximum Gasteiger partial charge on any atom is 0.254 e.